The smallest absolute Gasteiger partial charge is 0.226 e. The highest BCUT2D eigenvalue weighted by atomic mass is 16.5. The molecule has 1 aliphatic heterocycles. The van der Waals surface area contributed by atoms with Crippen molar-refractivity contribution in [1.29, 1.82) is 0 Å². The molecule has 0 radical (unpaired) electrons. The Labute approximate surface area is 148 Å². The van der Waals surface area contributed by atoms with E-state index in [2.05, 4.69) is 15.2 Å². The maximum Gasteiger partial charge on any atom is 0.226 e. The van der Waals surface area contributed by atoms with Gasteiger partial charge >= 0.3 is 0 Å². The van der Waals surface area contributed by atoms with E-state index in [0.717, 1.165) is 29.8 Å². The standard InChI is InChI=1S/C19H24N4O2/c1-23(2)9-4-10-25-14-6-3-5-13(11-14)16-12-18(24)22-19-15(16)7-8-17(20)21-19/h3,5-8,11,16H,4,9-10,12H2,1-2H3,(H3,20,21,22,24)/t16-/m0/s1. The fourth-order valence-electron chi connectivity index (χ4n) is 3.03. The van der Waals surface area contributed by atoms with Crippen LogP contribution < -0.4 is 15.8 Å². The first kappa shape index (κ1) is 17.2. The number of amides is 1. The van der Waals surface area contributed by atoms with Crippen LogP contribution in [0.15, 0.2) is 36.4 Å². The van der Waals surface area contributed by atoms with Gasteiger partial charge in [-0.1, -0.05) is 18.2 Å². The van der Waals surface area contributed by atoms with Crippen LogP contribution in [0.2, 0.25) is 0 Å². The molecule has 2 aromatic rings. The number of aromatic nitrogens is 1. The van der Waals surface area contributed by atoms with Gasteiger partial charge in [0.1, 0.15) is 17.4 Å². The molecule has 0 fully saturated rings. The Kier molecular flexibility index (Phi) is 5.19. The van der Waals surface area contributed by atoms with E-state index in [0.29, 0.717) is 24.7 Å². The van der Waals surface area contributed by atoms with Crippen molar-refractivity contribution in [2.45, 2.75) is 18.8 Å². The van der Waals surface area contributed by atoms with Gasteiger partial charge in [-0.3, -0.25) is 4.79 Å². The van der Waals surface area contributed by atoms with Crippen molar-refractivity contribution in [2.24, 2.45) is 0 Å². The summed E-state index contributed by atoms with van der Waals surface area (Å²) in [5.74, 6) is 1.69. The Morgan fingerprint density at radius 1 is 1.32 bits per heavy atom. The summed E-state index contributed by atoms with van der Waals surface area (Å²) in [5, 5.41) is 2.80. The number of nitrogens with zero attached hydrogens (tertiary/aromatic N) is 2. The fourth-order valence-corrected chi connectivity index (χ4v) is 3.03. The van der Waals surface area contributed by atoms with E-state index >= 15 is 0 Å². The van der Waals surface area contributed by atoms with Gasteiger partial charge in [-0.2, -0.15) is 0 Å². The normalized spacial score (nSPS) is 16.4. The number of hydrogen-bond acceptors (Lipinski definition) is 5. The number of hydrogen-bond donors (Lipinski definition) is 2. The molecule has 1 atom stereocenters. The molecule has 1 amide bonds. The molecule has 3 N–H and O–H groups in total. The van der Waals surface area contributed by atoms with Crippen molar-refractivity contribution in [3.63, 3.8) is 0 Å². The molecule has 6 heteroatoms. The molecular formula is C19H24N4O2. The number of nitrogen functional groups attached to an aromatic ring is 1. The van der Waals surface area contributed by atoms with Gasteiger partial charge in [0.2, 0.25) is 5.91 Å². The second-order valence-corrected chi connectivity index (χ2v) is 6.56. The maximum absolute atomic E-state index is 12.1. The number of carbonyl (C=O) groups excluding carboxylic acids is 1. The third-order valence-electron chi connectivity index (χ3n) is 4.25. The molecule has 0 bridgehead atoms. The van der Waals surface area contributed by atoms with Gasteiger partial charge in [-0.15, -0.1) is 0 Å². The van der Waals surface area contributed by atoms with Crippen LogP contribution >= 0.6 is 0 Å². The molecule has 3 rings (SSSR count). The molecular weight excluding hydrogens is 316 g/mol. The van der Waals surface area contributed by atoms with Gasteiger partial charge in [-0.05, 0) is 44.3 Å². The zero-order chi connectivity index (χ0) is 17.8. The molecule has 6 nitrogen and oxygen atoms in total. The van der Waals surface area contributed by atoms with Crippen molar-refractivity contribution in [2.75, 3.05) is 38.3 Å². The highest BCUT2D eigenvalue weighted by Crippen LogP contribution is 2.37. The van der Waals surface area contributed by atoms with E-state index in [1.54, 1.807) is 6.07 Å². The van der Waals surface area contributed by atoms with Crippen LogP contribution in [0.1, 0.15) is 29.9 Å². The van der Waals surface area contributed by atoms with Crippen molar-refractivity contribution in [1.82, 2.24) is 9.88 Å². The van der Waals surface area contributed by atoms with Gasteiger partial charge in [-0.25, -0.2) is 4.98 Å². The van der Waals surface area contributed by atoms with Gasteiger partial charge in [0.05, 0.1) is 6.61 Å². The molecule has 0 spiro atoms. The van der Waals surface area contributed by atoms with Gasteiger partial charge in [0.25, 0.3) is 0 Å². The lowest BCUT2D eigenvalue weighted by atomic mass is 9.86. The third kappa shape index (κ3) is 4.28. The summed E-state index contributed by atoms with van der Waals surface area (Å²) in [6.07, 6.45) is 1.36. The summed E-state index contributed by atoms with van der Waals surface area (Å²) in [4.78, 5) is 18.4. The van der Waals surface area contributed by atoms with E-state index in [4.69, 9.17) is 10.5 Å². The van der Waals surface area contributed by atoms with Crippen LogP contribution in [0, 0.1) is 0 Å². The van der Waals surface area contributed by atoms with E-state index in [9.17, 15) is 4.79 Å². The zero-order valence-corrected chi connectivity index (χ0v) is 14.7. The lowest BCUT2D eigenvalue weighted by molar-refractivity contribution is -0.116. The topological polar surface area (TPSA) is 80.5 Å². The van der Waals surface area contributed by atoms with Gasteiger partial charge < -0.3 is 20.7 Å². The molecule has 25 heavy (non-hydrogen) atoms. The average Bonchev–Trinajstić information content (AvgIpc) is 2.57. The number of benzene rings is 1. The number of pyridine rings is 1. The Morgan fingerprint density at radius 2 is 2.16 bits per heavy atom. The van der Waals surface area contributed by atoms with Crippen LogP contribution in [0.5, 0.6) is 5.75 Å². The summed E-state index contributed by atoms with van der Waals surface area (Å²) < 4.78 is 5.86. The number of anilines is 2. The first-order valence-electron chi connectivity index (χ1n) is 8.46. The molecule has 132 valence electrons. The predicted octanol–water partition coefficient (Wildman–Crippen LogP) is 2.47. The molecule has 1 aromatic heterocycles. The fraction of sp³-hybridized carbons (Fsp3) is 0.368. The van der Waals surface area contributed by atoms with E-state index in [-0.39, 0.29) is 11.8 Å². The summed E-state index contributed by atoms with van der Waals surface area (Å²) in [5.41, 5.74) is 7.77. The van der Waals surface area contributed by atoms with E-state index in [1.165, 1.54) is 0 Å². The number of nitrogens with two attached hydrogens (primary N) is 1. The number of nitrogens with one attached hydrogen (secondary N) is 1. The quantitative estimate of drug-likeness (QED) is 0.790. The summed E-state index contributed by atoms with van der Waals surface area (Å²) in [6, 6.07) is 11.7. The first-order valence-corrected chi connectivity index (χ1v) is 8.46. The number of carbonyl (C=O) groups is 1. The van der Waals surface area contributed by atoms with Crippen molar-refractivity contribution < 1.29 is 9.53 Å². The van der Waals surface area contributed by atoms with Crippen molar-refractivity contribution in [3.05, 3.63) is 47.5 Å². The molecule has 0 saturated carbocycles. The maximum atomic E-state index is 12.1. The summed E-state index contributed by atoms with van der Waals surface area (Å²) >= 11 is 0. The first-order chi connectivity index (χ1) is 12.0. The number of ether oxygens (including phenoxy) is 1. The van der Waals surface area contributed by atoms with Crippen LogP contribution in [0.25, 0.3) is 0 Å². The molecule has 1 aromatic carbocycles. The lowest BCUT2D eigenvalue weighted by Gasteiger charge is -2.25. The number of rotatable bonds is 6. The van der Waals surface area contributed by atoms with E-state index in [1.807, 2.05) is 44.4 Å². The Balaban J connectivity index is 1.78. The third-order valence-corrected chi connectivity index (χ3v) is 4.25. The SMILES string of the molecule is CN(C)CCCOc1cccc([C@@H]2CC(=O)Nc3nc(N)ccc32)c1. The molecule has 1 aliphatic rings. The zero-order valence-electron chi connectivity index (χ0n) is 14.7. The highest BCUT2D eigenvalue weighted by Gasteiger charge is 2.27. The van der Waals surface area contributed by atoms with Gasteiger partial charge in [0, 0.05) is 24.4 Å². The second-order valence-electron chi connectivity index (χ2n) is 6.56. The van der Waals surface area contributed by atoms with Crippen LogP contribution in [0.3, 0.4) is 0 Å². The molecule has 0 aliphatic carbocycles. The minimum Gasteiger partial charge on any atom is -0.494 e. The van der Waals surface area contributed by atoms with Crippen LogP contribution in [-0.2, 0) is 4.79 Å². The highest BCUT2D eigenvalue weighted by molar-refractivity contribution is 5.94. The monoisotopic (exact) mass is 340 g/mol. The summed E-state index contributed by atoms with van der Waals surface area (Å²) in [7, 11) is 4.10. The predicted molar refractivity (Wildman–Crippen MR) is 98.8 cm³/mol. The molecule has 0 unspecified atom stereocenters. The lowest BCUT2D eigenvalue weighted by Crippen LogP contribution is -2.24. The Hall–Kier alpha value is -2.60. The molecule has 2 heterocycles. The van der Waals surface area contributed by atoms with Crippen molar-refractivity contribution >= 4 is 17.5 Å². The minimum atomic E-state index is -0.0482. The van der Waals surface area contributed by atoms with E-state index < -0.39 is 0 Å². The van der Waals surface area contributed by atoms with Crippen LogP contribution in [0.4, 0.5) is 11.6 Å². The Bertz CT molecular complexity index is 761. The largest absolute Gasteiger partial charge is 0.494 e. The molecule has 0 saturated heterocycles. The van der Waals surface area contributed by atoms with Crippen LogP contribution in [-0.4, -0.2) is 43.0 Å². The average molecular weight is 340 g/mol. The summed E-state index contributed by atoms with van der Waals surface area (Å²) in [6.45, 7) is 1.66. The minimum absolute atomic E-state index is 0.0397. The van der Waals surface area contributed by atoms with Gasteiger partial charge in [0.15, 0.2) is 0 Å². The second kappa shape index (κ2) is 7.53. The Morgan fingerprint density at radius 3 is 2.96 bits per heavy atom. The van der Waals surface area contributed by atoms with Crippen molar-refractivity contribution in [3.8, 4) is 5.75 Å². The number of fused-ring (bicyclic) bond motifs is 1.